The van der Waals surface area contributed by atoms with E-state index in [2.05, 4.69) is 26.2 Å². The molecule has 0 aliphatic rings. The van der Waals surface area contributed by atoms with Gasteiger partial charge in [0.05, 0.1) is 11.1 Å². The Morgan fingerprint density at radius 2 is 1.89 bits per heavy atom. The SMILES string of the molecule is CCOc1cc(CN[C@H](Cc2c[nH]c3ccccc23)C(=O)O)cc(Br)c1OCc1ccccc1Cl. The van der Waals surface area contributed by atoms with E-state index < -0.39 is 12.0 Å². The molecule has 6 nitrogen and oxygen atoms in total. The zero-order valence-corrected chi connectivity index (χ0v) is 21.5. The second-order valence-electron chi connectivity index (χ2n) is 8.05. The maximum Gasteiger partial charge on any atom is 0.321 e. The fraction of sp³-hybridized carbons (Fsp3) is 0.222. The molecule has 0 aliphatic heterocycles. The Hall–Kier alpha value is -3.00. The third-order valence-corrected chi connectivity index (χ3v) is 6.61. The normalized spacial score (nSPS) is 12.0. The van der Waals surface area contributed by atoms with Gasteiger partial charge in [0.1, 0.15) is 12.6 Å². The number of para-hydroxylation sites is 1. The fourth-order valence-corrected chi connectivity index (χ4v) is 4.69. The average molecular weight is 558 g/mol. The van der Waals surface area contributed by atoms with Crippen molar-refractivity contribution in [1.29, 1.82) is 0 Å². The summed E-state index contributed by atoms with van der Waals surface area (Å²) in [5.74, 6) is 0.248. The molecule has 0 saturated carbocycles. The Balaban J connectivity index is 1.48. The predicted octanol–water partition coefficient (Wildman–Crippen LogP) is 6.35. The monoisotopic (exact) mass is 556 g/mol. The number of fused-ring (bicyclic) bond motifs is 1. The van der Waals surface area contributed by atoms with Gasteiger partial charge in [-0.2, -0.15) is 0 Å². The van der Waals surface area contributed by atoms with Crippen molar-refractivity contribution >= 4 is 44.4 Å². The number of ether oxygens (including phenoxy) is 2. The van der Waals surface area contributed by atoms with Crippen LogP contribution in [0, 0.1) is 0 Å². The van der Waals surface area contributed by atoms with E-state index in [0.717, 1.165) is 32.1 Å². The summed E-state index contributed by atoms with van der Waals surface area (Å²) in [7, 11) is 0. The van der Waals surface area contributed by atoms with Crippen LogP contribution in [0.3, 0.4) is 0 Å². The van der Waals surface area contributed by atoms with Gasteiger partial charge in [-0.1, -0.05) is 48.0 Å². The minimum Gasteiger partial charge on any atom is -0.490 e. The summed E-state index contributed by atoms with van der Waals surface area (Å²) in [6, 6.07) is 18.4. The molecule has 3 N–H and O–H groups in total. The Kier molecular flexibility index (Phi) is 8.33. The van der Waals surface area contributed by atoms with Crippen LogP contribution in [0.2, 0.25) is 5.02 Å². The first-order valence-corrected chi connectivity index (χ1v) is 12.5. The molecular weight excluding hydrogens is 532 g/mol. The van der Waals surface area contributed by atoms with Crippen molar-refractivity contribution in [3.63, 3.8) is 0 Å². The Bertz CT molecular complexity index is 1320. The first kappa shape index (κ1) is 25.1. The number of aromatic nitrogens is 1. The maximum atomic E-state index is 12.0. The number of aliphatic carboxylic acids is 1. The van der Waals surface area contributed by atoms with Crippen molar-refractivity contribution in [3.05, 3.63) is 93.0 Å². The van der Waals surface area contributed by atoms with Gasteiger partial charge in [-0.15, -0.1) is 0 Å². The Morgan fingerprint density at radius 3 is 2.66 bits per heavy atom. The van der Waals surface area contributed by atoms with Crippen molar-refractivity contribution < 1.29 is 19.4 Å². The highest BCUT2D eigenvalue weighted by Gasteiger charge is 2.20. The van der Waals surface area contributed by atoms with E-state index in [1.165, 1.54) is 0 Å². The molecule has 35 heavy (non-hydrogen) atoms. The lowest BCUT2D eigenvalue weighted by Crippen LogP contribution is -2.38. The van der Waals surface area contributed by atoms with Crippen molar-refractivity contribution in [2.45, 2.75) is 32.5 Å². The first-order valence-electron chi connectivity index (χ1n) is 11.3. The molecule has 4 aromatic rings. The number of hydrogen-bond acceptors (Lipinski definition) is 4. The summed E-state index contributed by atoms with van der Waals surface area (Å²) in [5.41, 5.74) is 3.69. The topological polar surface area (TPSA) is 83.6 Å². The third-order valence-electron chi connectivity index (χ3n) is 5.65. The van der Waals surface area contributed by atoms with Crippen LogP contribution < -0.4 is 14.8 Å². The molecule has 3 aromatic carbocycles. The van der Waals surface area contributed by atoms with E-state index in [-0.39, 0.29) is 0 Å². The number of rotatable bonds is 11. The average Bonchev–Trinajstić information content (AvgIpc) is 3.25. The van der Waals surface area contributed by atoms with Crippen LogP contribution in [-0.4, -0.2) is 28.7 Å². The number of H-pyrrole nitrogens is 1. The fourth-order valence-electron chi connectivity index (χ4n) is 3.90. The molecule has 0 aliphatic carbocycles. The number of carbonyl (C=O) groups is 1. The molecule has 0 saturated heterocycles. The lowest BCUT2D eigenvalue weighted by molar-refractivity contribution is -0.139. The number of nitrogens with one attached hydrogen (secondary N) is 2. The highest BCUT2D eigenvalue weighted by molar-refractivity contribution is 9.10. The number of hydrogen-bond donors (Lipinski definition) is 3. The van der Waals surface area contributed by atoms with Gasteiger partial charge in [-0.05, 0) is 58.2 Å². The predicted molar refractivity (Wildman–Crippen MR) is 141 cm³/mol. The Labute approximate surface area is 217 Å². The number of carboxylic acid groups (broad SMARTS) is 1. The summed E-state index contributed by atoms with van der Waals surface area (Å²) in [4.78, 5) is 15.2. The van der Waals surface area contributed by atoms with Crippen LogP contribution in [0.5, 0.6) is 11.5 Å². The summed E-state index contributed by atoms with van der Waals surface area (Å²) < 4.78 is 12.6. The zero-order chi connectivity index (χ0) is 24.8. The van der Waals surface area contributed by atoms with Crippen LogP contribution in [0.1, 0.15) is 23.6 Å². The molecule has 0 spiro atoms. The lowest BCUT2D eigenvalue weighted by atomic mass is 10.0. The van der Waals surface area contributed by atoms with Gasteiger partial charge < -0.3 is 24.9 Å². The summed E-state index contributed by atoms with van der Waals surface area (Å²) in [6.07, 6.45) is 2.23. The second-order valence-corrected chi connectivity index (χ2v) is 9.31. The van der Waals surface area contributed by atoms with Crippen LogP contribution in [0.15, 0.2) is 71.3 Å². The zero-order valence-electron chi connectivity index (χ0n) is 19.2. The van der Waals surface area contributed by atoms with E-state index in [9.17, 15) is 9.90 Å². The number of halogens is 2. The molecule has 1 heterocycles. The van der Waals surface area contributed by atoms with E-state index in [0.29, 0.717) is 42.7 Å². The highest BCUT2D eigenvalue weighted by Crippen LogP contribution is 2.38. The molecule has 4 rings (SSSR count). The van der Waals surface area contributed by atoms with Gasteiger partial charge in [0.15, 0.2) is 11.5 Å². The largest absolute Gasteiger partial charge is 0.490 e. The van der Waals surface area contributed by atoms with Crippen molar-refractivity contribution in [3.8, 4) is 11.5 Å². The summed E-state index contributed by atoms with van der Waals surface area (Å²) >= 11 is 9.84. The van der Waals surface area contributed by atoms with Crippen LogP contribution in [-0.2, 0) is 24.4 Å². The standard InChI is InChI=1S/C27H26BrClN2O4/c1-2-34-25-12-17(11-21(28)26(25)35-16-18-7-3-5-9-22(18)29)14-30-24(27(32)33)13-19-15-31-23-10-6-4-8-20(19)23/h3-12,15,24,30-31H,2,13-14,16H2,1H3,(H,32,33)/t24-/m1/s1. The number of benzene rings is 3. The smallest absolute Gasteiger partial charge is 0.321 e. The highest BCUT2D eigenvalue weighted by atomic mass is 79.9. The molecule has 0 unspecified atom stereocenters. The summed E-state index contributed by atoms with van der Waals surface area (Å²) in [5, 5.41) is 14.7. The molecule has 0 amide bonds. The summed E-state index contributed by atoms with van der Waals surface area (Å²) in [6.45, 7) is 3.01. The van der Waals surface area contributed by atoms with E-state index in [1.54, 1.807) is 0 Å². The second kappa shape index (κ2) is 11.6. The molecule has 0 fully saturated rings. The van der Waals surface area contributed by atoms with E-state index >= 15 is 0 Å². The lowest BCUT2D eigenvalue weighted by Gasteiger charge is -2.18. The van der Waals surface area contributed by atoms with Gasteiger partial charge in [0.2, 0.25) is 0 Å². The van der Waals surface area contributed by atoms with Gasteiger partial charge >= 0.3 is 5.97 Å². The number of carboxylic acids is 1. The molecule has 0 radical (unpaired) electrons. The minimum absolute atomic E-state index is 0.293. The van der Waals surface area contributed by atoms with Crippen molar-refractivity contribution in [2.24, 2.45) is 0 Å². The van der Waals surface area contributed by atoms with Gasteiger partial charge in [0.25, 0.3) is 0 Å². The van der Waals surface area contributed by atoms with E-state index in [1.807, 2.05) is 73.8 Å². The molecule has 0 bridgehead atoms. The molecule has 182 valence electrons. The van der Waals surface area contributed by atoms with Crippen LogP contribution in [0.25, 0.3) is 10.9 Å². The maximum absolute atomic E-state index is 12.0. The molecule has 1 aromatic heterocycles. The third kappa shape index (κ3) is 6.17. The Morgan fingerprint density at radius 1 is 1.11 bits per heavy atom. The quantitative estimate of drug-likeness (QED) is 0.200. The molecule has 1 atom stereocenters. The van der Waals surface area contributed by atoms with Gasteiger partial charge in [0, 0.05) is 40.7 Å². The number of aromatic amines is 1. The van der Waals surface area contributed by atoms with E-state index in [4.69, 9.17) is 21.1 Å². The van der Waals surface area contributed by atoms with Gasteiger partial charge in [-0.25, -0.2) is 0 Å². The minimum atomic E-state index is -0.904. The van der Waals surface area contributed by atoms with Crippen molar-refractivity contribution in [1.82, 2.24) is 10.3 Å². The van der Waals surface area contributed by atoms with Crippen molar-refractivity contribution in [2.75, 3.05) is 6.61 Å². The van der Waals surface area contributed by atoms with Crippen LogP contribution >= 0.6 is 27.5 Å². The molecular formula is C27H26BrClN2O4. The molecule has 8 heteroatoms. The first-order chi connectivity index (χ1) is 17.0. The van der Waals surface area contributed by atoms with Crippen LogP contribution in [0.4, 0.5) is 0 Å². The van der Waals surface area contributed by atoms with Gasteiger partial charge in [-0.3, -0.25) is 4.79 Å².